The average Bonchev–Trinajstić information content (AvgIpc) is 3.49. The first-order chi connectivity index (χ1) is 22.6. The highest BCUT2D eigenvalue weighted by molar-refractivity contribution is 6.12. The van der Waals surface area contributed by atoms with Gasteiger partial charge < -0.3 is 4.42 Å². The van der Waals surface area contributed by atoms with Gasteiger partial charge in [0.15, 0.2) is 0 Å². The molecule has 1 aromatic heterocycles. The minimum atomic E-state index is 0.908. The van der Waals surface area contributed by atoms with Crippen molar-refractivity contribution in [1.29, 1.82) is 0 Å². The molecule has 7 aromatic rings. The van der Waals surface area contributed by atoms with Crippen molar-refractivity contribution in [3.05, 3.63) is 169 Å². The number of rotatable bonds is 7. The Bertz CT molecular complexity index is 2360. The Morgan fingerprint density at radius 2 is 1.30 bits per heavy atom. The molecule has 0 fully saturated rings. The Morgan fingerprint density at radius 1 is 0.652 bits per heavy atom. The lowest BCUT2D eigenvalue weighted by atomic mass is 9.81. The number of furan rings is 1. The molecule has 7 rings (SSSR count). The molecule has 0 aliphatic heterocycles. The number of fused-ring (bicyclic) bond motifs is 4. The number of benzene rings is 6. The summed E-state index contributed by atoms with van der Waals surface area (Å²) in [6.07, 6.45) is 12.6. The first-order valence-electron chi connectivity index (χ1n) is 15.9. The van der Waals surface area contributed by atoms with Crippen LogP contribution in [0.5, 0.6) is 0 Å². The highest BCUT2D eigenvalue weighted by atomic mass is 16.3. The first-order valence-corrected chi connectivity index (χ1v) is 15.9. The molecule has 6 aromatic carbocycles. The molecule has 0 saturated carbocycles. The van der Waals surface area contributed by atoms with Gasteiger partial charge in [0.05, 0.1) is 0 Å². The summed E-state index contributed by atoms with van der Waals surface area (Å²) >= 11 is 0. The standard InChI is InChI=1S/C45H36O/c1-5-8-20-34-30(4)43(38-23-10-9-21-35(38)31(7-3)17-6-2)39-24-11-12-25-40(39)44(34)33-19-15-18-32(29-33)36-26-16-27-41-37-22-13-14-28-42(37)46-45(36)41/h5-29H,1H2,2-4H3/b17-6-,20-8-,31-7+. The van der Waals surface area contributed by atoms with E-state index in [0.717, 1.165) is 38.6 Å². The Morgan fingerprint density at radius 3 is 2.09 bits per heavy atom. The lowest BCUT2D eigenvalue weighted by Gasteiger charge is -2.22. The molecule has 1 heteroatoms. The summed E-state index contributed by atoms with van der Waals surface area (Å²) in [5, 5.41) is 4.73. The molecule has 0 aliphatic carbocycles. The smallest absolute Gasteiger partial charge is 0.143 e. The summed E-state index contributed by atoms with van der Waals surface area (Å²) < 4.78 is 6.44. The summed E-state index contributed by atoms with van der Waals surface area (Å²) in [7, 11) is 0. The third-order valence-corrected chi connectivity index (χ3v) is 8.94. The van der Waals surface area contributed by atoms with Crippen LogP contribution in [0.3, 0.4) is 0 Å². The molecule has 0 radical (unpaired) electrons. The highest BCUT2D eigenvalue weighted by Crippen LogP contribution is 2.45. The second-order valence-electron chi connectivity index (χ2n) is 11.6. The van der Waals surface area contributed by atoms with Gasteiger partial charge in [0.1, 0.15) is 11.2 Å². The number of hydrogen-bond donors (Lipinski definition) is 0. The molecule has 0 amide bonds. The van der Waals surface area contributed by atoms with Crippen molar-refractivity contribution in [2.45, 2.75) is 20.8 Å². The van der Waals surface area contributed by atoms with Gasteiger partial charge in [-0.1, -0.05) is 146 Å². The second-order valence-corrected chi connectivity index (χ2v) is 11.6. The van der Waals surface area contributed by atoms with Gasteiger partial charge in [0.25, 0.3) is 0 Å². The van der Waals surface area contributed by atoms with Gasteiger partial charge in [-0.25, -0.2) is 0 Å². The van der Waals surface area contributed by atoms with Crippen molar-refractivity contribution in [3.63, 3.8) is 0 Å². The largest absolute Gasteiger partial charge is 0.455 e. The molecule has 1 heterocycles. The second kappa shape index (κ2) is 12.4. The van der Waals surface area contributed by atoms with E-state index in [0.29, 0.717) is 0 Å². The van der Waals surface area contributed by atoms with E-state index < -0.39 is 0 Å². The van der Waals surface area contributed by atoms with Crippen molar-refractivity contribution in [2.75, 3.05) is 0 Å². The molecule has 0 N–H and O–H groups in total. The van der Waals surface area contributed by atoms with E-state index in [1.54, 1.807) is 0 Å². The molecule has 0 bridgehead atoms. The van der Waals surface area contributed by atoms with E-state index >= 15 is 0 Å². The lowest BCUT2D eigenvalue weighted by molar-refractivity contribution is 0.670. The molecular weight excluding hydrogens is 556 g/mol. The summed E-state index contributed by atoms with van der Waals surface area (Å²) in [4.78, 5) is 0. The minimum Gasteiger partial charge on any atom is -0.455 e. The van der Waals surface area contributed by atoms with Crippen molar-refractivity contribution in [1.82, 2.24) is 0 Å². The van der Waals surface area contributed by atoms with Gasteiger partial charge in [0, 0.05) is 16.3 Å². The highest BCUT2D eigenvalue weighted by Gasteiger charge is 2.21. The maximum Gasteiger partial charge on any atom is 0.143 e. The summed E-state index contributed by atoms with van der Waals surface area (Å²) in [6, 6.07) is 41.2. The predicted octanol–water partition coefficient (Wildman–Crippen LogP) is 13.2. The molecule has 222 valence electrons. The van der Waals surface area contributed by atoms with E-state index in [1.807, 2.05) is 24.3 Å². The van der Waals surface area contributed by atoms with Crippen molar-refractivity contribution in [3.8, 4) is 33.4 Å². The molecule has 0 saturated heterocycles. The third-order valence-electron chi connectivity index (χ3n) is 8.94. The zero-order valence-corrected chi connectivity index (χ0v) is 26.5. The van der Waals surface area contributed by atoms with Crippen LogP contribution in [-0.4, -0.2) is 0 Å². The van der Waals surface area contributed by atoms with Crippen LogP contribution < -0.4 is 0 Å². The van der Waals surface area contributed by atoms with Crippen LogP contribution in [0.2, 0.25) is 0 Å². The molecular formula is C45H36O. The Kier molecular flexibility index (Phi) is 7.83. The number of para-hydroxylation sites is 2. The maximum absolute atomic E-state index is 6.44. The molecule has 0 spiro atoms. The van der Waals surface area contributed by atoms with Gasteiger partial charge in [0.2, 0.25) is 0 Å². The van der Waals surface area contributed by atoms with Gasteiger partial charge in [-0.2, -0.15) is 0 Å². The Hall–Kier alpha value is -5.66. The van der Waals surface area contributed by atoms with Crippen LogP contribution in [0.1, 0.15) is 30.5 Å². The van der Waals surface area contributed by atoms with Crippen LogP contribution in [0.4, 0.5) is 0 Å². The monoisotopic (exact) mass is 592 g/mol. The molecule has 0 aliphatic rings. The fourth-order valence-electron chi connectivity index (χ4n) is 6.91. The SMILES string of the molecule is C=C/C=C\c1c(C)c(-c2ccccc2C(/C=C\C)=C/C)c2ccccc2c1-c1cccc(-c2cccc3c2oc2ccccc23)c1. The van der Waals surface area contributed by atoms with E-state index in [4.69, 9.17) is 4.42 Å². The molecule has 0 atom stereocenters. The minimum absolute atomic E-state index is 0.908. The van der Waals surface area contributed by atoms with Crippen LogP contribution in [0.15, 0.2) is 157 Å². The van der Waals surface area contributed by atoms with Crippen molar-refractivity contribution in [2.24, 2.45) is 0 Å². The predicted molar refractivity (Wildman–Crippen MR) is 200 cm³/mol. The van der Waals surface area contributed by atoms with E-state index in [1.165, 1.54) is 49.7 Å². The maximum atomic E-state index is 6.44. The van der Waals surface area contributed by atoms with Gasteiger partial charge >= 0.3 is 0 Å². The molecule has 1 nitrogen and oxygen atoms in total. The van der Waals surface area contributed by atoms with Crippen LogP contribution in [0, 0.1) is 6.92 Å². The van der Waals surface area contributed by atoms with Crippen LogP contribution in [-0.2, 0) is 0 Å². The van der Waals surface area contributed by atoms with E-state index in [9.17, 15) is 0 Å². The van der Waals surface area contributed by atoms with Crippen molar-refractivity contribution < 1.29 is 4.42 Å². The molecule has 46 heavy (non-hydrogen) atoms. The average molecular weight is 593 g/mol. The van der Waals surface area contributed by atoms with E-state index in [-0.39, 0.29) is 0 Å². The normalized spacial score (nSPS) is 12.3. The number of hydrogen-bond acceptors (Lipinski definition) is 1. The summed E-state index contributed by atoms with van der Waals surface area (Å²) in [5.74, 6) is 0. The first kappa shape index (κ1) is 29.1. The van der Waals surface area contributed by atoms with Crippen molar-refractivity contribution >= 4 is 44.4 Å². The van der Waals surface area contributed by atoms with Gasteiger partial charge in [-0.15, -0.1) is 0 Å². The third kappa shape index (κ3) is 4.91. The fraction of sp³-hybridized carbons (Fsp3) is 0.0667. The number of allylic oxidation sites excluding steroid dienone is 6. The van der Waals surface area contributed by atoms with Gasteiger partial charge in [-0.05, 0) is 93.8 Å². The topological polar surface area (TPSA) is 13.1 Å². The van der Waals surface area contributed by atoms with E-state index in [2.05, 4.69) is 155 Å². The summed E-state index contributed by atoms with van der Waals surface area (Å²) in [5.41, 5.74) is 13.8. The Labute approximate surface area is 271 Å². The van der Waals surface area contributed by atoms with Gasteiger partial charge in [-0.3, -0.25) is 0 Å². The summed E-state index contributed by atoms with van der Waals surface area (Å²) in [6.45, 7) is 10.4. The zero-order chi connectivity index (χ0) is 31.6. The molecule has 0 unspecified atom stereocenters. The lowest BCUT2D eigenvalue weighted by Crippen LogP contribution is -1.98. The fourth-order valence-corrected chi connectivity index (χ4v) is 6.91. The zero-order valence-electron chi connectivity index (χ0n) is 26.5. The van der Waals surface area contributed by atoms with Crippen LogP contribution >= 0.6 is 0 Å². The Balaban J connectivity index is 1.51. The van der Waals surface area contributed by atoms with Crippen LogP contribution in [0.25, 0.3) is 77.7 Å². The quantitative estimate of drug-likeness (QED) is 0.168.